The number of rotatable bonds is 7. The molecule has 0 bridgehead atoms. The Morgan fingerprint density at radius 3 is 2.12 bits per heavy atom. The molecule has 2 aliphatic heterocycles. The first-order valence-electron chi connectivity index (χ1n) is 11.9. The molecule has 0 spiro atoms. The Labute approximate surface area is 239 Å². The number of aliphatic carboxylic acids is 1. The van der Waals surface area contributed by atoms with Gasteiger partial charge in [-0.25, -0.2) is 0 Å². The number of nitrogens with zero attached hydrogens (tertiary/aromatic N) is 3. The number of thiocarbonyl (C=S) groups is 1. The number of halogens is 6. The Morgan fingerprint density at radius 1 is 1.00 bits per heavy atom. The average Bonchev–Trinajstić information content (AvgIpc) is 3.35. The van der Waals surface area contributed by atoms with Gasteiger partial charge >= 0.3 is 18.3 Å². The number of carbonyl (C=O) groups is 2. The van der Waals surface area contributed by atoms with Crippen molar-refractivity contribution in [2.45, 2.75) is 19.3 Å². The van der Waals surface area contributed by atoms with E-state index >= 15 is 0 Å². The molecule has 2 aliphatic rings. The van der Waals surface area contributed by atoms with E-state index in [1.807, 2.05) is 4.90 Å². The zero-order valence-corrected chi connectivity index (χ0v) is 23.4. The molecule has 6 nitrogen and oxygen atoms in total. The summed E-state index contributed by atoms with van der Waals surface area (Å²) in [7, 11) is 0. The van der Waals surface area contributed by atoms with Gasteiger partial charge in [0.25, 0.3) is 5.91 Å². The topological polar surface area (TPSA) is 64.1 Å². The van der Waals surface area contributed by atoms with E-state index in [0.29, 0.717) is 71.1 Å². The summed E-state index contributed by atoms with van der Waals surface area (Å²) in [4.78, 5) is 30.2. The summed E-state index contributed by atoms with van der Waals surface area (Å²) in [5, 5.41) is 10.4. The van der Waals surface area contributed by atoms with Gasteiger partial charge in [-0.2, -0.15) is 26.3 Å². The SMILES string of the molecule is Cc1c(-c2cc(C(F)(F)F)cc(C(F)(F)F)c2)csc1/C=C1\SC(=S)N(CCN2CCN(CC(=O)O)CC2)C1=O. The maximum absolute atomic E-state index is 13.3. The number of amides is 1. The van der Waals surface area contributed by atoms with E-state index in [0.717, 1.165) is 23.1 Å². The van der Waals surface area contributed by atoms with Crippen molar-refractivity contribution in [2.75, 3.05) is 45.8 Å². The lowest BCUT2D eigenvalue weighted by molar-refractivity contribution is -0.143. The van der Waals surface area contributed by atoms with Crippen LogP contribution < -0.4 is 0 Å². The summed E-state index contributed by atoms with van der Waals surface area (Å²) in [5.74, 6) is -1.21. The first-order valence-corrected chi connectivity index (χ1v) is 14.0. The highest BCUT2D eigenvalue weighted by Crippen LogP contribution is 2.42. The highest BCUT2D eigenvalue weighted by atomic mass is 32.2. The molecule has 0 radical (unpaired) electrons. The summed E-state index contributed by atoms with van der Waals surface area (Å²) in [6.07, 6.45) is -8.35. The van der Waals surface area contributed by atoms with Gasteiger partial charge in [0.15, 0.2) is 0 Å². The fourth-order valence-corrected chi connectivity index (χ4v) is 6.78. The molecule has 3 heterocycles. The first kappa shape index (κ1) is 30.5. The molecule has 1 aromatic heterocycles. The minimum Gasteiger partial charge on any atom is -0.480 e. The van der Waals surface area contributed by atoms with Gasteiger partial charge in [-0.05, 0) is 53.3 Å². The van der Waals surface area contributed by atoms with Crippen molar-refractivity contribution in [3.8, 4) is 11.1 Å². The summed E-state index contributed by atoms with van der Waals surface area (Å²) in [5.41, 5.74) is -2.35. The van der Waals surface area contributed by atoms with Crippen molar-refractivity contribution in [1.82, 2.24) is 14.7 Å². The second-order valence-corrected chi connectivity index (χ2v) is 11.9. The van der Waals surface area contributed by atoms with Gasteiger partial charge in [0.05, 0.1) is 22.6 Å². The second kappa shape index (κ2) is 11.8. The molecule has 2 saturated heterocycles. The van der Waals surface area contributed by atoms with Crippen LogP contribution in [0, 0.1) is 6.92 Å². The van der Waals surface area contributed by atoms with Gasteiger partial charge in [-0.3, -0.25) is 24.3 Å². The Morgan fingerprint density at radius 2 is 1.57 bits per heavy atom. The Hall–Kier alpha value is -2.46. The number of thioether (sulfide) groups is 1. The summed E-state index contributed by atoms with van der Waals surface area (Å²) < 4.78 is 80.3. The number of carbonyl (C=O) groups excluding carboxylic acids is 1. The van der Waals surface area contributed by atoms with Gasteiger partial charge in [0.1, 0.15) is 4.32 Å². The van der Waals surface area contributed by atoms with Gasteiger partial charge in [-0.1, -0.05) is 24.0 Å². The average molecular weight is 624 g/mol. The van der Waals surface area contributed by atoms with E-state index < -0.39 is 29.4 Å². The number of thiophene rings is 1. The number of alkyl halides is 6. The highest BCUT2D eigenvalue weighted by molar-refractivity contribution is 8.26. The molecular weight excluding hydrogens is 600 g/mol. The quantitative estimate of drug-likeness (QED) is 0.243. The zero-order valence-electron chi connectivity index (χ0n) is 20.9. The number of carboxylic acids is 1. The summed E-state index contributed by atoms with van der Waals surface area (Å²) >= 11 is 7.57. The lowest BCUT2D eigenvalue weighted by Gasteiger charge is -2.34. The molecule has 2 aromatic rings. The molecule has 1 N–H and O–H groups in total. The van der Waals surface area contributed by atoms with Crippen LogP contribution in [-0.4, -0.2) is 81.8 Å². The molecule has 0 saturated carbocycles. The molecule has 0 unspecified atom stereocenters. The van der Waals surface area contributed by atoms with Crippen LogP contribution in [0.3, 0.4) is 0 Å². The molecule has 15 heteroatoms. The molecule has 4 rings (SSSR count). The standard InChI is InChI=1S/C25H23F6N3O3S3/c1-14-18(15-8-16(24(26,27)28)10-17(9-15)25(29,30)31)13-39-19(14)11-20-22(37)34(23(38)40-20)7-6-32-2-4-33(5-3-32)12-21(35)36/h8-11,13H,2-7,12H2,1H3,(H,35,36)/b20-11-. The van der Waals surface area contributed by atoms with Crippen molar-refractivity contribution < 1.29 is 41.0 Å². The fourth-order valence-electron chi connectivity index (χ4n) is 4.38. The third kappa shape index (κ3) is 7.05. The molecule has 216 valence electrons. The number of hydrogen-bond donors (Lipinski definition) is 1. The molecular formula is C25H23F6N3O3S3. The minimum absolute atomic E-state index is 0.0194. The van der Waals surface area contributed by atoms with E-state index in [1.54, 1.807) is 13.0 Å². The Kier molecular flexibility index (Phi) is 9.00. The predicted molar refractivity (Wildman–Crippen MR) is 145 cm³/mol. The molecule has 0 atom stereocenters. The smallest absolute Gasteiger partial charge is 0.416 e. The van der Waals surface area contributed by atoms with E-state index in [1.165, 1.54) is 10.3 Å². The number of carboxylic acid groups (broad SMARTS) is 1. The Bertz CT molecular complexity index is 1320. The summed E-state index contributed by atoms with van der Waals surface area (Å²) in [6, 6.07) is 1.47. The zero-order chi connectivity index (χ0) is 29.4. The minimum atomic E-state index is -4.96. The second-order valence-electron chi connectivity index (χ2n) is 9.28. The van der Waals surface area contributed by atoms with E-state index in [4.69, 9.17) is 17.3 Å². The van der Waals surface area contributed by atoms with E-state index in [9.17, 15) is 35.9 Å². The number of piperazine rings is 1. The van der Waals surface area contributed by atoms with Crippen LogP contribution in [0.15, 0.2) is 28.5 Å². The fraction of sp³-hybridized carbons (Fsp3) is 0.400. The number of benzene rings is 1. The predicted octanol–water partition coefficient (Wildman–Crippen LogP) is 5.66. The van der Waals surface area contributed by atoms with Crippen molar-refractivity contribution in [2.24, 2.45) is 0 Å². The normalized spacial score (nSPS) is 18.8. The van der Waals surface area contributed by atoms with Crippen molar-refractivity contribution in [1.29, 1.82) is 0 Å². The summed E-state index contributed by atoms with van der Waals surface area (Å²) in [6.45, 7) is 4.94. The third-order valence-corrected chi connectivity index (χ3v) is 8.98. The van der Waals surface area contributed by atoms with Gasteiger partial charge in [0.2, 0.25) is 0 Å². The maximum Gasteiger partial charge on any atom is 0.416 e. The molecule has 1 amide bonds. The van der Waals surface area contributed by atoms with Gasteiger partial charge in [0, 0.05) is 44.1 Å². The van der Waals surface area contributed by atoms with E-state index in [-0.39, 0.29) is 29.6 Å². The van der Waals surface area contributed by atoms with Crippen molar-refractivity contribution in [3.05, 3.63) is 50.1 Å². The van der Waals surface area contributed by atoms with Crippen LogP contribution in [-0.2, 0) is 21.9 Å². The van der Waals surface area contributed by atoms with Crippen LogP contribution in [0.2, 0.25) is 0 Å². The van der Waals surface area contributed by atoms with Crippen LogP contribution in [0.1, 0.15) is 21.6 Å². The monoisotopic (exact) mass is 623 g/mol. The maximum atomic E-state index is 13.3. The molecule has 0 aliphatic carbocycles. The van der Waals surface area contributed by atoms with Crippen molar-refractivity contribution in [3.63, 3.8) is 0 Å². The molecule has 1 aromatic carbocycles. The lowest BCUT2D eigenvalue weighted by atomic mass is 9.98. The van der Waals surface area contributed by atoms with Crippen LogP contribution in [0.4, 0.5) is 26.3 Å². The third-order valence-electron chi connectivity index (χ3n) is 6.58. The van der Waals surface area contributed by atoms with Crippen LogP contribution >= 0.6 is 35.3 Å². The molecule has 2 fully saturated rings. The first-order chi connectivity index (χ1) is 18.6. The van der Waals surface area contributed by atoms with Gasteiger partial charge < -0.3 is 5.11 Å². The number of hydrogen-bond acceptors (Lipinski definition) is 7. The van der Waals surface area contributed by atoms with E-state index in [2.05, 4.69) is 4.90 Å². The Balaban J connectivity index is 1.48. The van der Waals surface area contributed by atoms with Crippen molar-refractivity contribution >= 4 is 57.6 Å². The van der Waals surface area contributed by atoms with Crippen LogP contribution in [0.5, 0.6) is 0 Å². The van der Waals surface area contributed by atoms with Gasteiger partial charge in [-0.15, -0.1) is 11.3 Å². The highest BCUT2D eigenvalue weighted by Gasteiger charge is 2.37. The van der Waals surface area contributed by atoms with Crippen LogP contribution in [0.25, 0.3) is 17.2 Å². The lowest BCUT2D eigenvalue weighted by Crippen LogP contribution is -2.49. The largest absolute Gasteiger partial charge is 0.480 e. The molecule has 40 heavy (non-hydrogen) atoms.